The van der Waals surface area contributed by atoms with Gasteiger partial charge >= 0.3 is 29.8 Å². The zero-order valence-corrected chi connectivity index (χ0v) is 12.8. The standard InChI is InChI=1S/C17H10O9/c18-13(19)8-2-1-3-10(6-8)16(24)26-17(25)12-7-9(14(20)21)4-5-11(12)15(22)23/h1-7H,(H,18,19)(H,20,21)(H,22,23). The van der Waals surface area contributed by atoms with Crippen molar-refractivity contribution in [2.75, 3.05) is 0 Å². The number of carbonyl (C=O) groups is 5. The quantitative estimate of drug-likeness (QED) is 0.535. The van der Waals surface area contributed by atoms with Crippen LogP contribution < -0.4 is 0 Å². The van der Waals surface area contributed by atoms with Gasteiger partial charge in [-0.15, -0.1) is 0 Å². The summed E-state index contributed by atoms with van der Waals surface area (Å²) in [7, 11) is 0. The number of benzene rings is 2. The molecule has 2 rings (SSSR count). The summed E-state index contributed by atoms with van der Waals surface area (Å²) in [4.78, 5) is 57.2. The third kappa shape index (κ3) is 3.90. The van der Waals surface area contributed by atoms with Crippen molar-refractivity contribution in [1.82, 2.24) is 0 Å². The molecule has 0 spiro atoms. The maximum atomic E-state index is 12.1. The second-order valence-corrected chi connectivity index (χ2v) is 4.93. The number of rotatable bonds is 5. The molecule has 0 saturated carbocycles. The highest BCUT2D eigenvalue weighted by molar-refractivity contribution is 6.09. The van der Waals surface area contributed by atoms with Gasteiger partial charge in [-0.3, -0.25) is 0 Å². The van der Waals surface area contributed by atoms with Gasteiger partial charge in [-0.2, -0.15) is 0 Å². The third-order valence-corrected chi connectivity index (χ3v) is 3.25. The fourth-order valence-corrected chi connectivity index (χ4v) is 2.01. The first kappa shape index (κ1) is 18.3. The van der Waals surface area contributed by atoms with Crippen molar-refractivity contribution in [3.8, 4) is 0 Å². The normalized spacial score (nSPS) is 10.0. The van der Waals surface area contributed by atoms with Crippen LogP contribution in [0.4, 0.5) is 0 Å². The van der Waals surface area contributed by atoms with Crippen molar-refractivity contribution in [1.29, 1.82) is 0 Å². The molecule has 3 N–H and O–H groups in total. The minimum absolute atomic E-state index is 0.217. The molecule has 0 aromatic heterocycles. The molecule has 0 aliphatic rings. The third-order valence-electron chi connectivity index (χ3n) is 3.25. The fraction of sp³-hybridized carbons (Fsp3) is 0. The molecule has 2 aromatic carbocycles. The molecule has 0 aliphatic carbocycles. The number of carboxylic acid groups (broad SMARTS) is 3. The monoisotopic (exact) mass is 358 g/mol. The highest BCUT2D eigenvalue weighted by Crippen LogP contribution is 2.16. The molecule has 0 heterocycles. The summed E-state index contributed by atoms with van der Waals surface area (Å²) in [6.07, 6.45) is 0. The second-order valence-electron chi connectivity index (χ2n) is 4.93. The largest absolute Gasteiger partial charge is 0.478 e. The molecule has 26 heavy (non-hydrogen) atoms. The topological polar surface area (TPSA) is 155 Å². The molecule has 0 unspecified atom stereocenters. The molecule has 0 radical (unpaired) electrons. The van der Waals surface area contributed by atoms with E-state index in [4.69, 9.17) is 15.3 Å². The minimum Gasteiger partial charge on any atom is -0.478 e. The van der Waals surface area contributed by atoms with Crippen LogP contribution in [-0.2, 0) is 4.74 Å². The van der Waals surface area contributed by atoms with Gasteiger partial charge in [0.25, 0.3) is 0 Å². The second kappa shape index (κ2) is 7.26. The first-order chi connectivity index (χ1) is 12.2. The molecule has 0 bridgehead atoms. The Morgan fingerprint density at radius 1 is 0.615 bits per heavy atom. The van der Waals surface area contributed by atoms with Crippen LogP contribution in [0.5, 0.6) is 0 Å². The highest BCUT2D eigenvalue weighted by atomic mass is 16.6. The van der Waals surface area contributed by atoms with Crippen molar-refractivity contribution < 1.29 is 44.0 Å². The van der Waals surface area contributed by atoms with Gasteiger partial charge in [0.05, 0.1) is 27.8 Å². The summed E-state index contributed by atoms with van der Waals surface area (Å²) in [6.45, 7) is 0. The number of hydrogen-bond donors (Lipinski definition) is 3. The van der Waals surface area contributed by atoms with E-state index in [1.807, 2.05) is 0 Å². The average molecular weight is 358 g/mol. The Labute approximate surface area is 145 Å². The van der Waals surface area contributed by atoms with Gasteiger partial charge in [0, 0.05) is 0 Å². The Morgan fingerprint density at radius 2 is 1.19 bits per heavy atom. The van der Waals surface area contributed by atoms with Crippen LogP contribution in [0.3, 0.4) is 0 Å². The van der Waals surface area contributed by atoms with Crippen molar-refractivity contribution >= 4 is 29.8 Å². The van der Waals surface area contributed by atoms with Crippen LogP contribution in [0.2, 0.25) is 0 Å². The number of carbonyl (C=O) groups excluding carboxylic acids is 2. The van der Waals surface area contributed by atoms with E-state index in [2.05, 4.69) is 4.74 Å². The lowest BCUT2D eigenvalue weighted by molar-refractivity contribution is 0.0392. The van der Waals surface area contributed by atoms with Crippen LogP contribution >= 0.6 is 0 Å². The van der Waals surface area contributed by atoms with E-state index in [1.165, 1.54) is 18.2 Å². The van der Waals surface area contributed by atoms with Crippen LogP contribution in [0, 0.1) is 0 Å². The van der Waals surface area contributed by atoms with Crippen LogP contribution in [-0.4, -0.2) is 45.2 Å². The van der Waals surface area contributed by atoms with E-state index in [-0.39, 0.29) is 16.7 Å². The predicted molar refractivity (Wildman–Crippen MR) is 83.5 cm³/mol. The summed E-state index contributed by atoms with van der Waals surface area (Å²) in [6, 6.07) is 7.32. The van der Waals surface area contributed by atoms with Gasteiger partial charge in [-0.1, -0.05) is 6.07 Å². The smallest absolute Gasteiger partial charge is 0.346 e. The molecule has 0 aliphatic heterocycles. The zero-order chi connectivity index (χ0) is 19.4. The van der Waals surface area contributed by atoms with Gasteiger partial charge in [-0.25, -0.2) is 24.0 Å². The van der Waals surface area contributed by atoms with Crippen molar-refractivity contribution in [3.05, 3.63) is 70.3 Å². The Kier molecular flexibility index (Phi) is 5.12. The Hall–Kier alpha value is -4.01. The van der Waals surface area contributed by atoms with Gasteiger partial charge in [-0.05, 0) is 36.4 Å². The van der Waals surface area contributed by atoms with E-state index in [9.17, 15) is 24.0 Å². The van der Waals surface area contributed by atoms with Gasteiger partial charge in [0.1, 0.15) is 0 Å². The number of aromatic carboxylic acids is 3. The average Bonchev–Trinajstić information content (AvgIpc) is 2.60. The number of ether oxygens (including phenoxy) is 1. The zero-order valence-electron chi connectivity index (χ0n) is 12.8. The maximum Gasteiger partial charge on any atom is 0.346 e. The Bertz CT molecular complexity index is 943. The number of carboxylic acids is 3. The van der Waals surface area contributed by atoms with Gasteiger partial charge < -0.3 is 20.1 Å². The van der Waals surface area contributed by atoms with Crippen molar-refractivity contribution in [2.45, 2.75) is 0 Å². The fourth-order valence-electron chi connectivity index (χ4n) is 2.01. The molecule has 0 atom stereocenters. The lowest BCUT2D eigenvalue weighted by Crippen LogP contribution is -2.17. The lowest BCUT2D eigenvalue weighted by atomic mass is 10.0. The molecular weight excluding hydrogens is 348 g/mol. The van der Waals surface area contributed by atoms with Crippen molar-refractivity contribution in [3.63, 3.8) is 0 Å². The molecule has 132 valence electrons. The summed E-state index contributed by atoms with van der Waals surface area (Å²) in [5.41, 5.74) is -2.01. The molecule has 9 nitrogen and oxygen atoms in total. The molecule has 0 saturated heterocycles. The molecular formula is C17H10O9. The maximum absolute atomic E-state index is 12.1. The predicted octanol–water partition coefficient (Wildman–Crippen LogP) is 1.78. The van der Waals surface area contributed by atoms with E-state index in [0.29, 0.717) is 0 Å². The van der Waals surface area contributed by atoms with Crippen molar-refractivity contribution in [2.24, 2.45) is 0 Å². The number of esters is 2. The summed E-state index contributed by atoms with van der Waals surface area (Å²) >= 11 is 0. The van der Waals surface area contributed by atoms with Gasteiger partial charge in [0.2, 0.25) is 0 Å². The first-order valence-electron chi connectivity index (χ1n) is 6.91. The summed E-state index contributed by atoms with van der Waals surface area (Å²) in [5, 5.41) is 26.9. The SMILES string of the molecule is O=C(O)c1cccc(C(=O)OC(=O)c2cc(C(=O)O)ccc2C(=O)O)c1. The summed E-state index contributed by atoms with van der Waals surface area (Å²) in [5.74, 6) is -6.81. The van der Waals surface area contributed by atoms with E-state index >= 15 is 0 Å². The summed E-state index contributed by atoms with van der Waals surface area (Å²) < 4.78 is 4.56. The van der Waals surface area contributed by atoms with Gasteiger partial charge in [0.15, 0.2) is 0 Å². The molecule has 0 fully saturated rings. The Balaban J connectivity index is 2.34. The van der Waals surface area contributed by atoms with Crippen LogP contribution in [0.1, 0.15) is 51.8 Å². The Morgan fingerprint density at radius 3 is 1.77 bits per heavy atom. The highest BCUT2D eigenvalue weighted by Gasteiger charge is 2.23. The van der Waals surface area contributed by atoms with E-state index in [1.54, 1.807) is 0 Å². The molecule has 0 amide bonds. The lowest BCUT2D eigenvalue weighted by Gasteiger charge is -2.07. The van der Waals surface area contributed by atoms with Crippen LogP contribution in [0.25, 0.3) is 0 Å². The number of hydrogen-bond acceptors (Lipinski definition) is 6. The molecule has 9 heteroatoms. The minimum atomic E-state index is -1.52. The van der Waals surface area contributed by atoms with E-state index in [0.717, 1.165) is 24.3 Å². The first-order valence-corrected chi connectivity index (χ1v) is 6.91. The van der Waals surface area contributed by atoms with Crippen LogP contribution in [0.15, 0.2) is 42.5 Å². The van der Waals surface area contributed by atoms with E-state index < -0.39 is 41.0 Å². The molecule has 2 aromatic rings.